The molecule has 2 heterocycles. The van der Waals surface area contributed by atoms with Gasteiger partial charge in [-0.3, -0.25) is 4.90 Å². The SMILES string of the molecule is C[C@H]1CN(Cc2nccn2Cc2ccccc2)CCN1.Cl. The Morgan fingerprint density at radius 2 is 2.05 bits per heavy atom. The summed E-state index contributed by atoms with van der Waals surface area (Å²) in [5.41, 5.74) is 1.32. The van der Waals surface area contributed by atoms with Crippen molar-refractivity contribution in [3.63, 3.8) is 0 Å². The van der Waals surface area contributed by atoms with Crippen LogP contribution in [-0.4, -0.2) is 40.1 Å². The fourth-order valence-corrected chi connectivity index (χ4v) is 2.77. The molecule has 0 aliphatic carbocycles. The zero-order chi connectivity index (χ0) is 13.8. The van der Waals surface area contributed by atoms with Gasteiger partial charge in [-0.2, -0.15) is 0 Å². The number of rotatable bonds is 4. The van der Waals surface area contributed by atoms with E-state index in [4.69, 9.17) is 0 Å². The molecule has 0 unspecified atom stereocenters. The lowest BCUT2D eigenvalue weighted by Gasteiger charge is -2.31. The number of hydrogen-bond acceptors (Lipinski definition) is 3. The summed E-state index contributed by atoms with van der Waals surface area (Å²) in [7, 11) is 0. The van der Waals surface area contributed by atoms with E-state index >= 15 is 0 Å². The molecule has 1 N–H and O–H groups in total. The van der Waals surface area contributed by atoms with Crippen molar-refractivity contribution in [3.8, 4) is 0 Å². The second kappa shape index (κ2) is 7.59. The summed E-state index contributed by atoms with van der Waals surface area (Å²) in [6.45, 7) is 7.34. The van der Waals surface area contributed by atoms with Crippen molar-refractivity contribution in [2.45, 2.75) is 26.1 Å². The largest absolute Gasteiger partial charge is 0.329 e. The van der Waals surface area contributed by atoms with E-state index in [1.165, 1.54) is 5.56 Å². The maximum atomic E-state index is 4.53. The molecule has 2 aromatic rings. The van der Waals surface area contributed by atoms with Crippen molar-refractivity contribution >= 4 is 12.4 Å². The Morgan fingerprint density at radius 3 is 2.81 bits per heavy atom. The number of aromatic nitrogens is 2. The molecule has 114 valence electrons. The summed E-state index contributed by atoms with van der Waals surface area (Å²) in [5, 5.41) is 3.48. The minimum Gasteiger partial charge on any atom is -0.329 e. The van der Waals surface area contributed by atoms with Crippen molar-refractivity contribution in [1.29, 1.82) is 0 Å². The van der Waals surface area contributed by atoms with Crippen molar-refractivity contribution in [2.75, 3.05) is 19.6 Å². The van der Waals surface area contributed by atoms with Crippen LogP contribution in [0.2, 0.25) is 0 Å². The molecule has 1 aromatic carbocycles. The molecule has 1 aliphatic rings. The van der Waals surface area contributed by atoms with Crippen LogP contribution >= 0.6 is 12.4 Å². The minimum atomic E-state index is 0. The highest BCUT2D eigenvalue weighted by Gasteiger charge is 2.17. The summed E-state index contributed by atoms with van der Waals surface area (Å²) in [4.78, 5) is 7.01. The van der Waals surface area contributed by atoms with Gasteiger partial charge in [-0.25, -0.2) is 4.98 Å². The van der Waals surface area contributed by atoms with Gasteiger partial charge in [0.15, 0.2) is 0 Å². The molecule has 0 amide bonds. The molecule has 1 atom stereocenters. The molecule has 5 heteroatoms. The van der Waals surface area contributed by atoms with Crippen LogP contribution in [0.1, 0.15) is 18.3 Å². The van der Waals surface area contributed by atoms with Crippen LogP contribution < -0.4 is 5.32 Å². The van der Waals surface area contributed by atoms with Crippen molar-refractivity contribution in [1.82, 2.24) is 19.8 Å². The van der Waals surface area contributed by atoms with Crippen LogP contribution in [0.15, 0.2) is 42.7 Å². The summed E-state index contributed by atoms with van der Waals surface area (Å²) >= 11 is 0. The quantitative estimate of drug-likeness (QED) is 0.939. The monoisotopic (exact) mass is 306 g/mol. The minimum absolute atomic E-state index is 0. The standard InChI is InChI=1S/C16H22N4.ClH/c1-14-11-19(9-7-17-14)13-16-18-8-10-20(16)12-15-5-3-2-4-6-15;/h2-6,8,10,14,17H,7,9,11-13H2,1H3;1H/t14-;/m0./s1. The Morgan fingerprint density at radius 1 is 1.24 bits per heavy atom. The van der Waals surface area contributed by atoms with Crippen LogP contribution in [-0.2, 0) is 13.1 Å². The number of imidazole rings is 1. The van der Waals surface area contributed by atoms with Crippen LogP contribution in [0.25, 0.3) is 0 Å². The molecule has 3 rings (SSSR count). The number of benzene rings is 1. The molecule has 1 aliphatic heterocycles. The van der Waals surface area contributed by atoms with E-state index in [1.54, 1.807) is 0 Å². The fraction of sp³-hybridized carbons (Fsp3) is 0.438. The molecule has 0 radical (unpaired) electrons. The lowest BCUT2D eigenvalue weighted by molar-refractivity contribution is 0.193. The first kappa shape index (κ1) is 16.0. The summed E-state index contributed by atoms with van der Waals surface area (Å²) < 4.78 is 2.25. The molecular weight excluding hydrogens is 284 g/mol. The lowest BCUT2D eigenvalue weighted by Crippen LogP contribution is -2.48. The predicted molar refractivity (Wildman–Crippen MR) is 87.8 cm³/mol. The van der Waals surface area contributed by atoms with Crippen molar-refractivity contribution in [3.05, 3.63) is 54.1 Å². The molecule has 0 spiro atoms. The third-order valence-electron chi connectivity index (χ3n) is 3.82. The maximum Gasteiger partial charge on any atom is 0.123 e. The zero-order valence-corrected chi connectivity index (χ0v) is 13.2. The first-order valence-corrected chi connectivity index (χ1v) is 7.31. The third-order valence-corrected chi connectivity index (χ3v) is 3.82. The van der Waals surface area contributed by atoms with Gasteiger partial charge in [0, 0.05) is 44.6 Å². The average Bonchev–Trinajstić information content (AvgIpc) is 2.87. The molecule has 1 fully saturated rings. The van der Waals surface area contributed by atoms with E-state index in [1.807, 2.05) is 6.20 Å². The van der Waals surface area contributed by atoms with E-state index in [9.17, 15) is 0 Å². The smallest absolute Gasteiger partial charge is 0.123 e. The van der Waals surface area contributed by atoms with Gasteiger partial charge in [0.2, 0.25) is 0 Å². The second-order valence-corrected chi connectivity index (χ2v) is 5.55. The Hall–Kier alpha value is -1.36. The summed E-state index contributed by atoms with van der Waals surface area (Å²) in [6, 6.07) is 11.1. The van der Waals surface area contributed by atoms with Crippen LogP contribution in [0.3, 0.4) is 0 Å². The number of halogens is 1. The molecule has 1 aromatic heterocycles. The molecule has 0 bridgehead atoms. The highest BCUT2D eigenvalue weighted by atomic mass is 35.5. The fourth-order valence-electron chi connectivity index (χ4n) is 2.77. The van der Waals surface area contributed by atoms with Gasteiger partial charge in [-0.05, 0) is 12.5 Å². The van der Waals surface area contributed by atoms with E-state index in [0.29, 0.717) is 6.04 Å². The van der Waals surface area contributed by atoms with Gasteiger partial charge in [-0.1, -0.05) is 30.3 Å². The third kappa shape index (κ3) is 4.30. The van der Waals surface area contributed by atoms with Gasteiger partial charge in [-0.15, -0.1) is 12.4 Å². The maximum absolute atomic E-state index is 4.53. The van der Waals surface area contributed by atoms with E-state index in [2.05, 4.69) is 63.2 Å². The molecule has 21 heavy (non-hydrogen) atoms. The summed E-state index contributed by atoms with van der Waals surface area (Å²) in [5.74, 6) is 1.16. The molecule has 4 nitrogen and oxygen atoms in total. The number of piperazine rings is 1. The van der Waals surface area contributed by atoms with Gasteiger partial charge < -0.3 is 9.88 Å². The Bertz CT molecular complexity index is 540. The van der Waals surface area contributed by atoms with Crippen molar-refractivity contribution < 1.29 is 0 Å². The first-order chi connectivity index (χ1) is 9.81. The van der Waals surface area contributed by atoms with Crippen LogP contribution in [0, 0.1) is 0 Å². The molecule has 1 saturated heterocycles. The number of hydrogen-bond donors (Lipinski definition) is 1. The van der Waals surface area contributed by atoms with Crippen LogP contribution in [0.5, 0.6) is 0 Å². The lowest BCUT2D eigenvalue weighted by atomic mass is 10.2. The highest BCUT2D eigenvalue weighted by molar-refractivity contribution is 5.85. The van der Waals surface area contributed by atoms with Crippen LogP contribution in [0.4, 0.5) is 0 Å². The van der Waals surface area contributed by atoms with Gasteiger partial charge in [0.1, 0.15) is 5.82 Å². The molecule has 0 saturated carbocycles. The molecular formula is C16H23ClN4. The Balaban J connectivity index is 0.00000161. The zero-order valence-electron chi connectivity index (χ0n) is 12.4. The first-order valence-electron chi connectivity index (χ1n) is 7.31. The Kier molecular flexibility index (Phi) is 5.79. The topological polar surface area (TPSA) is 33.1 Å². The van der Waals surface area contributed by atoms with Crippen molar-refractivity contribution in [2.24, 2.45) is 0 Å². The van der Waals surface area contributed by atoms with E-state index in [-0.39, 0.29) is 12.4 Å². The average molecular weight is 307 g/mol. The predicted octanol–water partition coefficient (Wildman–Crippen LogP) is 2.15. The van der Waals surface area contributed by atoms with E-state index < -0.39 is 0 Å². The highest BCUT2D eigenvalue weighted by Crippen LogP contribution is 2.09. The van der Waals surface area contributed by atoms with Gasteiger partial charge in [0.05, 0.1) is 6.54 Å². The summed E-state index contributed by atoms with van der Waals surface area (Å²) in [6.07, 6.45) is 3.98. The Labute approximate surface area is 132 Å². The van der Waals surface area contributed by atoms with E-state index in [0.717, 1.165) is 38.5 Å². The number of nitrogens with one attached hydrogen (secondary N) is 1. The van der Waals surface area contributed by atoms with Gasteiger partial charge in [0.25, 0.3) is 0 Å². The normalized spacial score (nSPS) is 19.2. The van der Waals surface area contributed by atoms with Gasteiger partial charge >= 0.3 is 0 Å². The second-order valence-electron chi connectivity index (χ2n) is 5.55. The number of nitrogens with zero attached hydrogens (tertiary/aromatic N) is 3.